The lowest BCUT2D eigenvalue weighted by molar-refractivity contribution is -0.142. The molecule has 1 aromatic heterocycles. The fourth-order valence-corrected chi connectivity index (χ4v) is 2.36. The van der Waals surface area contributed by atoms with Gasteiger partial charge in [0.25, 0.3) is 0 Å². The first kappa shape index (κ1) is 11.7. The van der Waals surface area contributed by atoms with E-state index in [1.807, 2.05) is 4.57 Å². The number of aliphatic carboxylic acids is 1. The third-order valence-electron chi connectivity index (χ3n) is 3.43. The highest BCUT2D eigenvalue weighted by atomic mass is 16.4. The molecule has 0 radical (unpaired) electrons. The van der Waals surface area contributed by atoms with Gasteiger partial charge in [-0.2, -0.15) is 0 Å². The molecule has 3 rings (SSSR count). The quantitative estimate of drug-likeness (QED) is 0.848. The topological polar surface area (TPSA) is 88.2 Å². The zero-order valence-electron chi connectivity index (χ0n) is 10.2. The Morgan fingerprint density at radius 1 is 1.26 bits per heavy atom. The number of phenols is 1. The first-order valence-corrected chi connectivity index (χ1v) is 6.09. The molecule has 1 atom stereocenters. The third-order valence-corrected chi connectivity index (χ3v) is 3.43. The van der Waals surface area contributed by atoms with Crippen LogP contribution in [-0.4, -0.2) is 30.9 Å². The van der Waals surface area contributed by atoms with Crippen molar-refractivity contribution in [2.75, 3.05) is 0 Å². The fourth-order valence-electron chi connectivity index (χ4n) is 2.36. The minimum Gasteiger partial charge on any atom is -0.508 e. The number of phenolic OH excluding ortho intramolecular Hbond substituents is 1. The van der Waals surface area contributed by atoms with E-state index < -0.39 is 5.97 Å². The summed E-state index contributed by atoms with van der Waals surface area (Å²) in [6, 6.07) is 6.74. The largest absolute Gasteiger partial charge is 0.508 e. The Morgan fingerprint density at radius 3 is 2.68 bits per heavy atom. The van der Waals surface area contributed by atoms with Crippen molar-refractivity contribution in [1.82, 2.24) is 14.8 Å². The Hall–Kier alpha value is -2.37. The molecule has 0 saturated heterocycles. The standard InChI is InChI=1S/C13H13N3O3/c17-10-3-1-8(2-4-10)12-15-14-11-7-9(13(18)19)5-6-16(11)12/h1-4,9,17H,5-7H2,(H,18,19). The highest BCUT2D eigenvalue weighted by Crippen LogP contribution is 2.26. The summed E-state index contributed by atoms with van der Waals surface area (Å²) in [5, 5.41) is 26.5. The SMILES string of the molecule is O=C(O)C1CCn2c(nnc2-c2ccc(O)cc2)C1. The maximum absolute atomic E-state index is 11.0. The van der Waals surface area contributed by atoms with E-state index in [0.29, 0.717) is 25.2 Å². The van der Waals surface area contributed by atoms with Gasteiger partial charge in [0.1, 0.15) is 11.6 Å². The summed E-state index contributed by atoms with van der Waals surface area (Å²) >= 11 is 0. The van der Waals surface area contributed by atoms with Crippen LogP contribution in [0.25, 0.3) is 11.4 Å². The summed E-state index contributed by atoms with van der Waals surface area (Å²) in [7, 11) is 0. The lowest BCUT2D eigenvalue weighted by Gasteiger charge is -2.20. The predicted octanol–water partition coefficient (Wildman–Crippen LogP) is 1.30. The molecule has 1 unspecified atom stereocenters. The summed E-state index contributed by atoms with van der Waals surface area (Å²) in [5.74, 6) is 0.485. The smallest absolute Gasteiger partial charge is 0.307 e. The van der Waals surface area contributed by atoms with Gasteiger partial charge in [-0.1, -0.05) is 0 Å². The molecule has 0 saturated carbocycles. The second kappa shape index (κ2) is 4.38. The summed E-state index contributed by atoms with van der Waals surface area (Å²) in [4.78, 5) is 11.0. The second-order valence-corrected chi connectivity index (χ2v) is 4.67. The number of hydrogen-bond donors (Lipinski definition) is 2. The highest BCUT2D eigenvalue weighted by Gasteiger charge is 2.27. The average molecular weight is 259 g/mol. The number of rotatable bonds is 2. The molecular formula is C13H13N3O3. The summed E-state index contributed by atoms with van der Waals surface area (Å²) < 4.78 is 1.95. The van der Waals surface area contributed by atoms with Crippen molar-refractivity contribution in [3.05, 3.63) is 30.1 Å². The lowest BCUT2D eigenvalue weighted by atomic mass is 9.98. The van der Waals surface area contributed by atoms with Gasteiger partial charge in [0.05, 0.1) is 5.92 Å². The van der Waals surface area contributed by atoms with Crippen molar-refractivity contribution < 1.29 is 15.0 Å². The van der Waals surface area contributed by atoms with E-state index >= 15 is 0 Å². The molecule has 1 aromatic carbocycles. The van der Waals surface area contributed by atoms with Crippen molar-refractivity contribution in [2.45, 2.75) is 19.4 Å². The minimum absolute atomic E-state index is 0.202. The summed E-state index contributed by atoms with van der Waals surface area (Å²) in [6.45, 7) is 0.607. The average Bonchev–Trinajstić information content (AvgIpc) is 2.82. The molecular weight excluding hydrogens is 246 g/mol. The molecule has 0 spiro atoms. The van der Waals surface area contributed by atoms with Crippen molar-refractivity contribution in [2.24, 2.45) is 5.92 Å². The second-order valence-electron chi connectivity index (χ2n) is 4.67. The normalized spacial score (nSPS) is 18.0. The Kier molecular flexibility index (Phi) is 2.70. The van der Waals surface area contributed by atoms with Crippen LogP contribution in [0.15, 0.2) is 24.3 Å². The Balaban J connectivity index is 1.95. The molecule has 1 aliphatic rings. The van der Waals surface area contributed by atoms with Gasteiger partial charge in [-0.05, 0) is 30.7 Å². The molecule has 2 heterocycles. The molecule has 0 bridgehead atoms. The lowest BCUT2D eigenvalue weighted by Crippen LogP contribution is -2.26. The van der Waals surface area contributed by atoms with Crippen LogP contribution in [0, 0.1) is 5.92 Å². The Morgan fingerprint density at radius 2 is 2.00 bits per heavy atom. The molecule has 98 valence electrons. The van der Waals surface area contributed by atoms with E-state index in [1.54, 1.807) is 24.3 Å². The van der Waals surface area contributed by atoms with E-state index in [-0.39, 0.29) is 11.7 Å². The van der Waals surface area contributed by atoms with Crippen LogP contribution in [-0.2, 0) is 17.8 Å². The van der Waals surface area contributed by atoms with Crippen LogP contribution < -0.4 is 0 Å². The number of carboxylic acids is 1. The number of aromatic nitrogens is 3. The monoisotopic (exact) mass is 259 g/mol. The molecule has 2 aromatic rings. The molecule has 0 aliphatic carbocycles. The van der Waals surface area contributed by atoms with Gasteiger partial charge in [0.15, 0.2) is 5.82 Å². The van der Waals surface area contributed by atoms with Crippen molar-refractivity contribution in [3.8, 4) is 17.1 Å². The molecule has 0 amide bonds. The van der Waals surface area contributed by atoms with Gasteiger partial charge in [0.2, 0.25) is 0 Å². The van der Waals surface area contributed by atoms with Crippen LogP contribution in [0.5, 0.6) is 5.75 Å². The predicted molar refractivity (Wildman–Crippen MR) is 66.6 cm³/mol. The molecule has 1 aliphatic heterocycles. The van der Waals surface area contributed by atoms with Gasteiger partial charge in [-0.25, -0.2) is 0 Å². The van der Waals surface area contributed by atoms with Gasteiger partial charge in [-0.3, -0.25) is 4.79 Å². The number of nitrogens with zero attached hydrogens (tertiary/aromatic N) is 3. The van der Waals surface area contributed by atoms with Gasteiger partial charge in [0, 0.05) is 18.5 Å². The highest BCUT2D eigenvalue weighted by molar-refractivity contribution is 5.70. The number of carboxylic acid groups (broad SMARTS) is 1. The van der Waals surface area contributed by atoms with Crippen molar-refractivity contribution in [3.63, 3.8) is 0 Å². The maximum atomic E-state index is 11.0. The van der Waals surface area contributed by atoms with E-state index in [4.69, 9.17) is 5.11 Å². The van der Waals surface area contributed by atoms with Crippen LogP contribution >= 0.6 is 0 Å². The molecule has 19 heavy (non-hydrogen) atoms. The number of hydrogen-bond acceptors (Lipinski definition) is 4. The van der Waals surface area contributed by atoms with E-state index in [0.717, 1.165) is 11.4 Å². The van der Waals surface area contributed by atoms with Crippen LogP contribution in [0.4, 0.5) is 0 Å². The number of carbonyl (C=O) groups is 1. The van der Waals surface area contributed by atoms with Crippen molar-refractivity contribution in [1.29, 1.82) is 0 Å². The van der Waals surface area contributed by atoms with Crippen LogP contribution in [0.3, 0.4) is 0 Å². The third kappa shape index (κ3) is 2.05. The first-order chi connectivity index (χ1) is 9.15. The molecule has 6 heteroatoms. The molecule has 0 fully saturated rings. The van der Waals surface area contributed by atoms with Crippen LogP contribution in [0.1, 0.15) is 12.2 Å². The van der Waals surface area contributed by atoms with E-state index in [9.17, 15) is 9.90 Å². The molecule has 6 nitrogen and oxygen atoms in total. The zero-order valence-corrected chi connectivity index (χ0v) is 10.2. The summed E-state index contributed by atoms with van der Waals surface area (Å²) in [5.41, 5.74) is 0.866. The Labute approximate surface area is 109 Å². The molecule has 2 N–H and O–H groups in total. The van der Waals surface area contributed by atoms with Crippen molar-refractivity contribution >= 4 is 5.97 Å². The number of aromatic hydroxyl groups is 1. The van der Waals surface area contributed by atoms with E-state index in [1.165, 1.54) is 0 Å². The number of benzene rings is 1. The van der Waals surface area contributed by atoms with E-state index in [2.05, 4.69) is 10.2 Å². The Bertz CT molecular complexity index is 619. The van der Waals surface area contributed by atoms with Gasteiger partial charge in [-0.15, -0.1) is 10.2 Å². The van der Waals surface area contributed by atoms with Gasteiger partial charge < -0.3 is 14.8 Å². The number of fused-ring (bicyclic) bond motifs is 1. The maximum Gasteiger partial charge on any atom is 0.307 e. The first-order valence-electron chi connectivity index (χ1n) is 6.09. The fraction of sp³-hybridized carbons (Fsp3) is 0.308. The zero-order chi connectivity index (χ0) is 13.4. The minimum atomic E-state index is -0.777. The van der Waals surface area contributed by atoms with Crippen LogP contribution in [0.2, 0.25) is 0 Å². The van der Waals surface area contributed by atoms with Gasteiger partial charge >= 0.3 is 5.97 Å². The summed E-state index contributed by atoms with van der Waals surface area (Å²) in [6.07, 6.45) is 1.01.